The lowest BCUT2D eigenvalue weighted by Crippen LogP contribution is -2.55. The van der Waals surface area contributed by atoms with E-state index in [2.05, 4.69) is 4.98 Å². The molecule has 166 valence electrons. The van der Waals surface area contributed by atoms with Gasteiger partial charge >= 0.3 is 6.18 Å². The lowest BCUT2D eigenvalue weighted by Gasteiger charge is -2.45. The molecular formula is C25H23F3N2O2. The van der Waals surface area contributed by atoms with Gasteiger partial charge < -0.3 is 15.2 Å². The average Bonchev–Trinajstić information content (AvgIpc) is 3.08. The van der Waals surface area contributed by atoms with Crippen LogP contribution >= 0.6 is 0 Å². The Hall–Kier alpha value is -3.24. The van der Waals surface area contributed by atoms with Crippen LogP contribution in [-0.2, 0) is 5.41 Å². The van der Waals surface area contributed by atoms with Crippen LogP contribution in [0, 0.1) is 25.2 Å². The molecule has 3 N–H and O–H groups in total. The lowest BCUT2D eigenvalue weighted by molar-refractivity contribution is -0.272. The summed E-state index contributed by atoms with van der Waals surface area (Å²) >= 11 is 0. The van der Waals surface area contributed by atoms with Crippen molar-refractivity contribution in [1.29, 1.82) is 5.26 Å². The third kappa shape index (κ3) is 3.18. The number of nitrogens with zero attached hydrogens (tertiary/aromatic N) is 1. The molecular weight excluding hydrogens is 417 g/mol. The SMILES string of the molecule is Cc1cc(C)c(O)c(C2(C)C=CC(c3[nH]c4ccccc4c3C#N)C(O)(C(F)(F)F)C2)c1. The highest BCUT2D eigenvalue weighted by molar-refractivity contribution is 5.87. The Morgan fingerprint density at radius 1 is 1.19 bits per heavy atom. The van der Waals surface area contributed by atoms with Gasteiger partial charge in [-0.25, -0.2) is 0 Å². The van der Waals surface area contributed by atoms with Gasteiger partial charge in [0.2, 0.25) is 0 Å². The van der Waals surface area contributed by atoms with Crippen LogP contribution in [0.4, 0.5) is 13.2 Å². The first-order chi connectivity index (χ1) is 14.9. The molecule has 3 atom stereocenters. The van der Waals surface area contributed by atoms with Crippen LogP contribution in [-0.4, -0.2) is 27.0 Å². The van der Waals surface area contributed by atoms with Crippen LogP contribution in [0.1, 0.15) is 47.2 Å². The van der Waals surface area contributed by atoms with Gasteiger partial charge in [-0.15, -0.1) is 0 Å². The predicted octanol–water partition coefficient (Wildman–Crippen LogP) is 5.66. The van der Waals surface area contributed by atoms with Crippen LogP contribution < -0.4 is 0 Å². The Morgan fingerprint density at radius 2 is 1.88 bits per heavy atom. The van der Waals surface area contributed by atoms with E-state index in [1.807, 2.05) is 6.07 Å². The maximum Gasteiger partial charge on any atom is 0.418 e. The molecule has 0 fully saturated rings. The van der Waals surface area contributed by atoms with Gasteiger partial charge in [0.1, 0.15) is 11.8 Å². The fraction of sp³-hybridized carbons (Fsp3) is 0.320. The van der Waals surface area contributed by atoms with E-state index in [0.717, 1.165) is 5.56 Å². The zero-order valence-corrected chi connectivity index (χ0v) is 17.9. The number of benzene rings is 2. The summed E-state index contributed by atoms with van der Waals surface area (Å²) in [5, 5.41) is 32.0. The molecule has 3 aromatic rings. The fourth-order valence-electron chi connectivity index (χ4n) is 4.90. The Balaban J connectivity index is 1.95. The number of fused-ring (bicyclic) bond motifs is 1. The molecule has 7 heteroatoms. The number of aromatic amines is 1. The van der Waals surface area contributed by atoms with E-state index < -0.39 is 29.5 Å². The highest BCUT2D eigenvalue weighted by Crippen LogP contribution is 2.54. The Labute approximate surface area is 183 Å². The van der Waals surface area contributed by atoms with Crippen LogP contribution in [0.15, 0.2) is 48.6 Å². The van der Waals surface area contributed by atoms with Crippen molar-refractivity contribution in [1.82, 2.24) is 4.98 Å². The number of nitriles is 1. The largest absolute Gasteiger partial charge is 0.507 e. The molecule has 32 heavy (non-hydrogen) atoms. The Bertz CT molecular complexity index is 1280. The van der Waals surface area contributed by atoms with Gasteiger partial charge in [-0.3, -0.25) is 0 Å². The monoisotopic (exact) mass is 440 g/mol. The molecule has 1 aliphatic carbocycles. The Morgan fingerprint density at radius 3 is 2.53 bits per heavy atom. The molecule has 1 aromatic heterocycles. The number of H-pyrrole nitrogens is 1. The van der Waals surface area contributed by atoms with Crippen molar-refractivity contribution in [3.05, 3.63) is 76.5 Å². The number of hydrogen-bond donors (Lipinski definition) is 3. The summed E-state index contributed by atoms with van der Waals surface area (Å²) in [5.41, 5.74) is -2.14. The lowest BCUT2D eigenvalue weighted by atomic mass is 9.63. The Kier molecular flexibility index (Phi) is 4.90. The van der Waals surface area contributed by atoms with Gasteiger partial charge in [0.05, 0.1) is 11.5 Å². The molecule has 2 aromatic carbocycles. The summed E-state index contributed by atoms with van der Waals surface area (Å²) in [5.74, 6) is -1.60. The molecule has 1 aliphatic rings. The molecule has 0 saturated heterocycles. The van der Waals surface area contributed by atoms with E-state index in [4.69, 9.17) is 0 Å². The number of aryl methyl sites for hydroxylation is 2. The standard InChI is InChI=1S/C25H23F3N2O2/c1-14-10-15(2)22(31)19(11-14)23(3)9-8-18(24(32,13-23)25(26,27)28)21-17(12-29)16-6-4-5-7-20(16)30-21/h4-11,18,30-32H,13H2,1-3H3. The molecule has 0 aliphatic heterocycles. The van der Waals surface area contributed by atoms with Gasteiger partial charge in [0, 0.05) is 27.6 Å². The fourth-order valence-corrected chi connectivity index (χ4v) is 4.90. The molecule has 3 unspecified atom stereocenters. The summed E-state index contributed by atoms with van der Waals surface area (Å²) in [6.07, 6.45) is -2.79. The number of phenolic OH excluding ortho intramolecular Hbond substituents is 1. The number of halogens is 3. The minimum absolute atomic E-state index is 0.0245. The minimum atomic E-state index is -4.98. The molecule has 4 rings (SSSR count). The second-order valence-electron chi connectivity index (χ2n) is 8.90. The van der Waals surface area contributed by atoms with E-state index in [-0.39, 0.29) is 17.0 Å². The van der Waals surface area contributed by atoms with E-state index in [1.165, 1.54) is 6.08 Å². The summed E-state index contributed by atoms with van der Waals surface area (Å²) in [6, 6.07) is 12.1. The van der Waals surface area contributed by atoms with Crippen LogP contribution in [0.2, 0.25) is 0 Å². The van der Waals surface area contributed by atoms with Crippen LogP contribution in [0.25, 0.3) is 10.9 Å². The highest BCUT2D eigenvalue weighted by atomic mass is 19.4. The molecule has 1 heterocycles. The van der Waals surface area contributed by atoms with Gasteiger partial charge in [-0.1, -0.05) is 55.0 Å². The maximum atomic E-state index is 14.4. The molecule has 0 amide bonds. The van der Waals surface area contributed by atoms with E-state index in [1.54, 1.807) is 63.2 Å². The van der Waals surface area contributed by atoms with Gasteiger partial charge in [-0.2, -0.15) is 18.4 Å². The zero-order chi connectivity index (χ0) is 23.5. The summed E-state index contributed by atoms with van der Waals surface area (Å²) < 4.78 is 43.3. The summed E-state index contributed by atoms with van der Waals surface area (Å²) in [7, 11) is 0. The van der Waals surface area contributed by atoms with Crippen LogP contribution in [0.3, 0.4) is 0 Å². The number of allylic oxidation sites excluding steroid dienone is 1. The first-order valence-electron chi connectivity index (χ1n) is 10.2. The van der Waals surface area contributed by atoms with Crippen molar-refractivity contribution >= 4 is 10.9 Å². The quantitative estimate of drug-likeness (QED) is 0.450. The second kappa shape index (κ2) is 7.14. The molecule has 0 spiro atoms. The number of hydrogen-bond acceptors (Lipinski definition) is 3. The first kappa shape index (κ1) is 22.0. The number of rotatable bonds is 2. The number of nitrogens with one attached hydrogen (secondary N) is 1. The van der Waals surface area contributed by atoms with Gasteiger partial charge in [0.25, 0.3) is 0 Å². The predicted molar refractivity (Wildman–Crippen MR) is 115 cm³/mol. The summed E-state index contributed by atoms with van der Waals surface area (Å²) in [6.45, 7) is 5.05. The van der Waals surface area contributed by atoms with Gasteiger partial charge in [0.15, 0.2) is 5.60 Å². The number of phenols is 1. The minimum Gasteiger partial charge on any atom is -0.507 e. The third-order valence-electron chi connectivity index (χ3n) is 6.52. The number of aromatic hydroxyl groups is 1. The average molecular weight is 440 g/mol. The van der Waals surface area contributed by atoms with Crippen molar-refractivity contribution in [3.8, 4) is 11.8 Å². The van der Waals surface area contributed by atoms with E-state index in [0.29, 0.717) is 22.0 Å². The molecule has 0 saturated carbocycles. The van der Waals surface area contributed by atoms with Crippen molar-refractivity contribution in [2.24, 2.45) is 0 Å². The molecule has 4 nitrogen and oxygen atoms in total. The molecule has 0 radical (unpaired) electrons. The van der Waals surface area contributed by atoms with Crippen LogP contribution in [0.5, 0.6) is 5.75 Å². The van der Waals surface area contributed by atoms with Gasteiger partial charge in [-0.05, 0) is 31.9 Å². The van der Waals surface area contributed by atoms with E-state index in [9.17, 15) is 28.6 Å². The second-order valence-corrected chi connectivity index (χ2v) is 8.90. The topological polar surface area (TPSA) is 80.0 Å². The van der Waals surface area contributed by atoms with E-state index >= 15 is 0 Å². The smallest absolute Gasteiger partial charge is 0.418 e. The summed E-state index contributed by atoms with van der Waals surface area (Å²) in [4.78, 5) is 2.93. The van der Waals surface area contributed by atoms with Crippen molar-refractivity contribution in [2.75, 3.05) is 0 Å². The van der Waals surface area contributed by atoms with Crippen molar-refractivity contribution < 1.29 is 23.4 Å². The third-order valence-corrected chi connectivity index (χ3v) is 6.52. The highest BCUT2D eigenvalue weighted by Gasteiger charge is 2.62. The number of aromatic nitrogens is 1. The van der Waals surface area contributed by atoms with Crippen molar-refractivity contribution in [2.45, 2.75) is 50.3 Å². The zero-order valence-electron chi connectivity index (χ0n) is 17.9. The maximum absolute atomic E-state index is 14.4. The number of aliphatic hydroxyl groups is 1. The number of para-hydroxylation sites is 1. The van der Waals surface area contributed by atoms with Crippen molar-refractivity contribution in [3.63, 3.8) is 0 Å². The molecule has 0 bridgehead atoms. The number of alkyl halides is 3. The normalized spacial score (nSPS) is 25.8. The first-order valence-corrected chi connectivity index (χ1v) is 10.2.